The lowest BCUT2D eigenvalue weighted by atomic mass is 10.1. The van der Waals surface area contributed by atoms with E-state index in [9.17, 15) is 17.6 Å². The molecule has 0 bridgehead atoms. The van der Waals surface area contributed by atoms with Crippen LogP contribution in [0.2, 0.25) is 0 Å². The molecule has 3 heterocycles. The molecular formula is C25H34F4N6O. The number of alkyl halides is 4. The summed E-state index contributed by atoms with van der Waals surface area (Å²) in [5, 5.41) is 0. The minimum Gasteiger partial charge on any atom is -0.402 e. The van der Waals surface area contributed by atoms with Crippen LogP contribution in [0.3, 0.4) is 0 Å². The Hall–Kier alpha value is -2.40. The Morgan fingerprint density at radius 3 is 2.44 bits per heavy atom. The zero-order valence-corrected chi connectivity index (χ0v) is 20.7. The minimum absolute atomic E-state index is 0.288. The van der Waals surface area contributed by atoms with E-state index in [1.54, 1.807) is 0 Å². The zero-order chi connectivity index (χ0) is 25.6. The first-order chi connectivity index (χ1) is 17.1. The molecule has 198 valence electrons. The Labute approximate surface area is 208 Å². The van der Waals surface area contributed by atoms with E-state index in [4.69, 9.17) is 10.7 Å². The second-order valence-corrected chi connectivity index (χ2v) is 10.7. The van der Waals surface area contributed by atoms with E-state index >= 15 is 0 Å². The fraction of sp³-hybridized carbons (Fsp3) is 0.680. The minimum atomic E-state index is -4.85. The van der Waals surface area contributed by atoms with Crippen molar-refractivity contribution in [3.05, 3.63) is 24.3 Å². The number of anilines is 1. The van der Waals surface area contributed by atoms with Gasteiger partial charge in [0.2, 0.25) is 0 Å². The lowest BCUT2D eigenvalue weighted by Crippen LogP contribution is -2.50. The number of nitrogen functional groups attached to an aromatic ring is 1. The number of aromatic nitrogens is 3. The van der Waals surface area contributed by atoms with Crippen molar-refractivity contribution in [3.63, 3.8) is 0 Å². The molecule has 0 spiro atoms. The Morgan fingerprint density at radius 2 is 1.83 bits per heavy atom. The van der Waals surface area contributed by atoms with Crippen molar-refractivity contribution in [2.45, 2.75) is 51.6 Å². The monoisotopic (exact) mass is 510 g/mol. The summed E-state index contributed by atoms with van der Waals surface area (Å²) < 4.78 is 57.3. The average Bonchev–Trinajstić information content (AvgIpc) is 3.12. The normalized spacial score (nSPS) is 27.0. The SMILES string of the molecule is CC(C)Cc1nc(-c2cnc(N)c(OC(F)(F)F)c2)cn1[C@H]1[C@@H]2CC(N3CCN(CCF)CC3)C[C@@H]21. The van der Waals surface area contributed by atoms with E-state index in [0.29, 0.717) is 47.6 Å². The van der Waals surface area contributed by atoms with Gasteiger partial charge in [0, 0.05) is 69.2 Å². The number of halogens is 4. The predicted octanol–water partition coefficient (Wildman–Crippen LogP) is 4.16. The molecule has 3 aliphatic rings. The molecule has 0 aromatic carbocycles. The molecule has 2 saturated carbocycles. The highest BCUT2D eigenvalue weighted by Gasteiger charge is 2.58. The van der Waals surface area contributed by atoms with E-state index < -0.39 is 12.1 Å². The van der Waals surface area contributed by atoms with Gasteiger partial charge >= 0.3 is 6.36 Å². The molecule has 0 amide bonds. The van der Waals surface area contributed by atoms with Crippen molar-refractivity contribution >= 4 is 5.82 Å². The van der Waals surface area contributed by atoms with Crippen LogP contribution in [0.15, 0.2) is 18.5 Å². The summed E-state index contributed by atoms with van der Waals surface area (Å²) in [6.07, 6.45) is 1.61. The summed E-state index contributed by atoms with van der Waals surface area (Å²) in [6, 6.07) is 2.20. The maximum absolute atomic E-state index is 12.8. The van der Waals surface area contributed by atoms with Crippen LogP contribution < -0.4 is 10.5 Å². The summed E-state index contributed by atoms with van der Waals surface area (Å²) in [4.78, 5) is 13.5. The number of nitrogens with zero attached hydrogens (tertiary/aromatic N) is 5. The largest absolute Gasteiger partial charge is 0.573 e. The van der Waals surface area contributed by atoms with Gasteiger partial charge in [0.1, 0.15) is 12.5 Å². The summed E-state index contributed by atoms with van der Waals surface area (Å²) in [6.45, 7) is 8.35. The predicted molar refractivity (Wildman–Crippen MR) is 128 cm³/mol. The molecule has 4 atom stereocenters. The molecule has 11 heteroatoms. The molecule has 2 N–H and O–H groups in total. The van der Waals surface area contributed by atoms with Crippen LogP contribution in [0.25, 0.3) is 11.3 Å². The maximum atomic E-state index is 12.8. The number of ether oxygens (including phenoxy) is 1. The quantitative estimate of drug-likeness (QED) is 0.538. The summed E-state index contributed by atoms with van der Waals surface area (Å²) in [7, 11) is 0. The first kappa shape index (κ1) is 25.3. The number of imidazole rings is 1. The molecule has 5 rings (SSSR count). The molecule has 2 aromatic rings. The van der Waals surface area contributed by atoms with Crippen molar-refractivity contribution in [2.24, 2.45) is 17.8 Å². The van der Waals surface area contributed by atoms with Gasteiger partial charge in [0.05, 0.1) is 5.69 Å². The Morgan fingerprint density at radius 1 is 1.14 bits per heavy atom. The molecule has 0 radical (unpaired) electrons. The number of pyridine rings is 1. The van der Waals surface area contributed by atoms with E-state index in [2.05, 4.69) is 37.9 Å². The number of piperazine rings is 1. The number of hydrogen-bond acceptors (Lipinski definition) is 6. The van der Waals surface area contributed by atoms with E-state index in [1.165, 1.54) is 12.3 Å². The number of hydrogen-bond donors (Lipinski definition) is 1. The van der Waals surface area contributed by atoms with Crippen LogP contribution in [0.4, 0.5) is 23.4 Å². The highest BCUT2D eigenvalue weighted by molar-refractivity contribution is 5.64. The van der Waals surface area contributed by atoms with Crippen molar-refractivity contribution in [1.82, 2.24) is 24.3 Å². The van der Waals surface area contributed by atoms with Crippen LogP contribution in [-0.2, 0) is 6.42 Å². The van der Waals surface area contributed by atoms with Crippen molar-refractivity contribution in [3.8, 4) is 17.0 Å². The van der Waals surface area contributed by atoms with Crippen LogP contribution in [0, 0.1) is 17.8 Å². The molecule has 3 fully saturated rings. The zero-order valence-electron chi connectivity index (χ0n) is 20.7. The second kappa shape index (κ2) is 9.81. The molecule has 2 aromatic heterocycles. The second-order valence-electron chi connectivity index (χ2n) is 10.7. The highest BCUT2D eigenvalue weighted by Crippen LogP contribution is 2.62. The standard InChI is InChI=1S/C25H34F4N6O/c1-15(2)9-22-32-20(16-10-21(24(30)31-13-16)36-25(27,28)29)14-35(22)23-18-11-17(12-19(18)23)34-7-5-33(4-3-26)6-8-34/h10,13-15,17-19,23H,3-9,11-12H2,1-2H3,(H2,30,31)/t17?,18-,19+,23+. The Balaban J connectivity index is 1.30. The molecule has 7 nitrogen and oxygen atoms in total. The van der Waals surface area contributed by atoms with Gasteiger partial charge in [-0.25, -0.2) is 14.4 Å². The lowest BCUT2D eigenvalue weighted by Gasteiger charge is -2.38. The van der Waals surface area contributed by atoms with Crippen molar-refractivity contribution in [1.29, 1.82) is 0 Å². The van der Waals surface area contributed by atoms with Crippen LogP contribution in [-0.4, -0.2) is 76.1 Å². The van der Waals surface area contributed by atoms with Gasteiger partial charge in [-0.1, -0.05) is 13.8 Å². The van der Waals surface area contributed by atoms with Gasteiger partial charge in [-0.15, -0.1) is 13.2 Å². The molecule has 1 saturated heterocycles. The molecule has 2 aliphatic carbocycles. The van der Waals surface area contributed by atoms with Gasteiger partial charge in [0.15, 0.2) is 11.6 Å². The Kier molecular flexibility index (Phi) is 6.88. The van der Waals surface area contributed by atoms with Gasteiger partial charge < -0.3 is 15.0 Å². The van der Waals surface area contributed by atoms with Crippen LogP contribution in [0.1, 0.15) is 38.6 Å². The number of rotatable bonds is 8. The first-order valence-electron chi connectivity index (χ1n) is 12.7. The van der Waals surface area contributed by atoms with Crippen LogP contribution in [0.5, 0.6) is 5.75 Å². The fourth-order valence-electron chi connectivity index (χ4n) is 6.11. The van der Waals surface area contributed by atoms with E-state index in [1.807, 2.05) is 6.20 Å². The van der Waals surface area contributed by atoms with Crippen LogP contribution >= 0.6 is 0 Å². The van der Waals surface area contributed by atoms with Gasteiger partial charge in [-0.05, 0) is 36.7 Å². The third kappa shape index (κ3) is 5.32. The summed E-state index contributed by atoms with van der Waals surface area (Å²) >= 11 is 0. The molecule has 1 unspecified atom stereocenters. The first-order valence-corrected chi connectivity index (χ1v) is 12.7. The van der Waals surface area contributed by atoms with E-state index in [-0.39, 0.29) is 12.5 Å². The number of fused-ring (bicyclic) bond motifs is 1. The third-order valence-electron chi connectivity index (χ3n) is 7.82. The maximum Gasteiger partial charge on any atom is 0.573 e. The summed E-state index contributed by atoms with van der Waals surface area (Å²) in [5.74, 6) is 1.68. The van der Waals surface area contributed by atoms with E-state index in [0.717, 1.165) is 51.3 Å². The van der Waals surface area contributed by atoms with Gasteiger partial charge in [-0.3, -0.25) is 9.80 Å². The molecular weight excluding hydrogens is 476 g/mol. The van der Waals surface area contributed by atoms with Gasteiger partial charge in [0.25, 0.3) is 0 Å². The lowest BCUT2D eigenvalue weighted by molar-refractivity contribution is -0.274. The van der Waals surface area contributed by atoms with Crippen molar-refractivity contribution < 1.29 is 22.3 Å². The fourth-order valence-corrected chi connectivity index (χ4v) is 6.11. The Bertz CT molecular complexity index is 1050. The number of nitrogens with two attached hydrogens (primary N) is 1. The molecule has 36 heavy (non-hydrogen) atoms. The third-order valence-corrected chi connectivity index (χ3v) is 7.82. The smallest absolute Gasteiger partial charge is 0.402 e. The topological polar surface area (TPSA) is 72.4 Å². The molecule has 1 aliphatic heterocycles. The van der Waals surface area contributed by atoms with Gasteiger partial charge in [-0.2, -0.15) is 0 Å². The highest BCUT2D eigenvalue weighted by atomic mass is 19.4. The average molecular weight is 511 g/mol. The van der Waals surface area contributed by atoms with Crippen molar-refractivity contribution in [2.75, 3.05) is 45.1 Å². The summed E-state index contributed by atoms with van der Waals surface area (Å²) in [5.41, 5.74) is 6.63.